The molecule has 0 aliphatic carbocycles. The Morgan fingerprint density at radius 3 is 2.46 bits per heavy atom. The third-order valence-electron chi connectivity index (χ3n) is 4.71. The molecule has 1 aliphatic rings. The van der Waals surface area contributed by atoms with Crippen molar-refractivity contribution in [2.45, 2.75) is 6.54 Å². The minimum absolute atomic E-state index is 0.119. The van der Waals surface area contributed by atoms with Crippen LogP contribution in [0.25, 0.3) is 11.3 Å². The predicted octanol–water partition coefficient (Wildman–Crippen LogP) is 1.06. The molecule has 4 heterocycles. The van der Waals surface area contributed by atoms with Crippen molar-refractivity contribution in [1.29, 1.82) is 0 Å². The Labute approximate surface area is 161 Å². The van der Waals surface area contributed by atoms with Crippen LogP contribution in [0.4, 0.5) is 10.3 Å². The van der Waals surface area contributed by atoms with Gasteiger partial charge in [0.25, 0.3) is 5.56 Å². The minimum atomic E-state index is -0.436. The van der Waals surface area contributed by atoms with Crippen molar-refractivity contribution in [3.8, 4) is 11.3 Å². The monoisotopic (exact) mass is 381 g/mol. The fourth-order valence-corrected chi connectivity index (χ4v) is 3.15. The second kappa shape index (κ2) is 8.22. The van der Waals surface area contributed by atoms with Crippen LogP contribution in [-0.4, -0.2) is 62.4 Å². The quantitative estimate of drug-likeness (QED) is 0.654. The Morgan fingerprint density at radius 1 is 0.964 bits per heavy atom. The van der Waals surface area contributed by atoms with Gasteiger partial charge < -0.3 is 4.90 Å². The lowest BCUT2D eigenvalue weighted by Gasteiger charge is -2.34. The van der Waals surface area contributed by atoms with Crippen molar-refractivity contribution < 1.29 is 4.39 Å². The summed E-state index contributed by atoms with van der Waals surface area (Å²) in [4.78, 5) is 28.6. The van der Waals surface area contributed by atoms with Gasteiger partial charge in [-0.25, -0.2) is 19.0 Å². The van der Waals surface area contributed by atoms with Crippen LogP contribution in [0.5, 0.6) is 0 Å². The molecular formula is C19H20FN7O. The topological polar surface area (TPSA) is 80.0 Å². The van der Waals surface area contributed by atoms with Gasteiger partial charge in [0.15, 0.2) is 5.82 Å². The van der Waals surface area contributed by atoms with Crippen LogP contribution < -0.4 is 10.5 Å². The molecule has 0 bridgehead atoms. The van der Waals surface area contributed by atoms with Gasteiger partial charge in [-0.15, -0.1) is 0 Å². The highest BCUT2D eigenvalue weighted by atomic mass is 19.1. The molecule has 0 spiro atoms. The number of aromatic nitrogens is 5. The molecule has 3 aromatic rings. The summed E-state index contributed by atoms with van der Waals surface area (Å²) in [6.45, 7) is 4.38. The summed E-state index contributed by atoms with van der Waals surface area (Å²) in [6, 6.07) is 7.02. The maximum Gasteiger partial charge on any atom is 0.266 e. The average molecular weight is 381 g/mol. The van der Waals surface area contributed by atoms with E-state index in [9.17, 15) is 9.18 Å². The van der Waals surface area contributed by atoms with E-state index in [1.54, 1.807) is 24.5 Å². The zero-order valence-electron chi connectivity index (χ0n) is 15.3. The molecule has 0 atom stereocenters. The molecule has 1 aliphatic heterocycles. The van der Waals surface area contributed by atoms with E-state index in [0.29, 0.717) is 12.5 Å². The van der Waals surface area contributed by atoms with Crippen molar-refractivity contribution >= 4 is 5.95 Å². The highest BCUT2D eigenvalue weighted by Gasteiger charge is 2.19. The predicted molar refractivity (Wildman–Crippen MR) is 102 cm³/mol. The molecule has 0 amide bonds. The molecule has 1 fully saturated rings. The van der Waals surface area contributed by atoms with Crippen LogP contribution in [0.2, 0.25) is 0 Å². The van der Waals surface area contributed by atoms with Crippen molar-refractivity contribution in [1.82, 2.24) is 29.6 Å². The van der Waals surface area contributed by atoms with E-state index >= 15 is 0 Å². The van der Waals surface area contributed by atoms with Crippen LogP contribution in [0.1, 0.15) is 0 Å². The molecular weight excluding hydrogens is 361 g/mol. The zero-order valence-corrected chi connectivity index (χ0v) is 15.3. The summed E-state index contributed by atoms with van der Waals surface area (Å²) >= 11 is 0. The summed E-state index contributed by atoms with van der Waals surface area (Å²) in [6.07, 6.45) is 5.80. The molecule has 9 heteroatoms. The van der Waals surface area contributed by atoms with E-state index in [1.165, 1.54) is 17.1 Å². The van der Waals surface area contributed by atoms with Gasteiger partial charge in [-0.05, 0) is 18.2 Å². The standard InChI is InChI=1S/C19H20FN7O/c20-16-13-22-19(23-14-16)26-9-6-25(7-10-26)8-11-27-18(28)4-3-17(24-27)15-2-1-5-21-12-15/h1-5,12-14H,6-11H2. The van der Waals surface area contributed by atoms with Crippen molar-refractivity contribution in [3.63, 3.8) is 0 Å². The molecule has 4 rings (SSSR count). The average Bonchev–Trinajstić information content (AvgIpc) is 2.75. The van der Waals surface area contributed by atoms with Crippen LogP contribution >= 0.6 is 0 Å². The van der Waals surface area contributed by atoms with Crippen molar-refractivity contribution in [2.24, 2.45) is 0 Å². The number of piperazine rings is 1. The largest absolute Gasteiger partial charge is 0.338 e. The molecule has 0 aromatic carbocycles. The normalized spacial score (nSPS) is 15.0. The van der Waals surface area contributed by atoms with Gasteiger partial charge in [0.05, 0.1) is 24.6 Å². The Bertz CT molecular complexity index is 970. The van der Waals surface area contributed by atoms with Gasteiger partial charge in [0.1, 0.15) is 0 Å². The van der Waals surface area contributed by atoms with Gasteiger partial charge in [-0.2, -0.15) is 5.10 Å². The summed E-state index contributed by atoms with van der Waals surface area (Å²) < 4.78 is 14.5. The first-order valence-electron chi connectivity index (χ1n) is 9.12. The number of pyridine rings is 1. The van der Waals surface area contributed by atoms with E-state index in [2.05, 4.69) is 25.0 Å². The van der Waals surface area contributed by atoms with E-state index in [4.69, 9.17) is 0 Å². The van der Waals surface area contributed by atoms with Gasteiger partial charge in [0, 0.05) is 56.7 Å². The number of hydrogen-bond acceptors (Lipinski definition) is 7. The summed E-state index contributed by atoms with van der Waals surface area (Å²) in [5.41, 5.74) is 1.49. The van der Waals surface area contributed by atoms with Crippen LogP contribution in [-0.2, 0) is 6.54 Å². The second-order valence-electron chi connectivity index (χ2n) is 6.55. The number of halogens is 1. The molecule has 0 radical (unpaired) electrons. The summed E-state index contributed by atoms with van der Waals surface area (Å²) in [5.74, 6) is 0.108. The van der Waals surface area contributed by atoms with Crippen LogP contribution in [0.15, 0.2) is 53.8 Å². The third kappa shape index (κ3) is 4.20. The maximum atomic E-state index is 13.0. The lowest BCUT2D eigenvalue weighted by molar-refractivity contribution is 0.242. The second-order valence-corrected chi connectivity index (χ2v) is 6.55. The Hall–Kier alpha value is -3.20. The van der Waals surface area contributed by atoms with E-state index < -0.39 is 5.82 Å². The number of hydrogen-bond donors (Lipinski definition) is 0. The number of rotatable bonds is 5. The van der Waals surface area contributed by atoms with Gasteiger partial charge in [0.2, 0.25) is 5.95 Å². The van der Waals surface area contributed by atoms with E-state index in [-0.39, 0.29) is 5.56 Å². The molecule has 0 saturated carbocycles. The summed E-state index contributed by atoms with van der Waals surface area (Å²) in [7, 11) is 0. The van der Waals surface area contributed by atoms with Gasteiger partial charge in [-0.3, -0.25) is 14.7 Å². The first kappa shape index (κ1) is 18.2. The summed E-state index contributed by atoms with van der Waals surface area (Å²) in [5, 5.41) is 4.47. The lowest BCUT2D eigenvalue weighted by atomic mass is 10.2. The van der Waals surface area contributed by atoms with E-state index in [0.717, 1.165) is 44.0 Å². The minimum Gasteiger partial charge on any atom is -0.338 e. The Morgan fingerprint density at radius 2 is 1.75 bits per heavy atom. The molecule has 3 aromatic heterocycles. The molecule has 0 unspecified atom stereocenters. The maximum absolute atomic E-state index is 13.0. The Balaban J connectivity index is 1.35. The highest BCUT2D eigenvalue weighted by Crippen LogP contribution is 2.13. The van der Waals surface area contributed by atoms with Crippen LogP contribution in [0.3, 0.4) is 0 Å². The van der Waals surface area contributed by atoms with Gasteiger partial charge >= 0.3 is 0 Å². The fraction of sp³-hybridized carbons (Fsp3) is 0.316. The SMILES string of the molecule is O=c1ccc(-c2cccnc2)nn1CCN1CCN(c2ncc(F)cn2)CC1. The first-order chi connectivity index (χ1) is 13.7. The van der Waals surface area contributed by atoms with Crippen LogP contribution in [0, 0.1) is 5.82 Å². The third-order valence-corrected chi connectivity index (χ3v) is 4.71. The van der Waals surface area contributed by atoms with Crippen molar-refractivity contribution in [2.75, 3.05) is 37.6 Å². The molecule has 0 N–H and O–H groups in total. The molecule has 1 saturated heterocycles. The number of nitrogens with zero attached hydrogens (tertiary/aromatic N) is 7. The Kier molecular flexibility index (Phi) is 5.34. The molecule has 144 valence electrons. The van der Waals surface area contributed by atoms with E-state index in [1.807, 2.05) is 17.0 Å². The first-order valence-corrected chi connectivity index (χ1v) is 9.12. The smallest absolute Gasteiger partial charge is 0.266 e. The highest BCUT2D eigenvalue weighted by molar-refractivity contribution is 5.56. The zero-order chi connectivity index (χ0) is 19.3. The molecule has 28 heavy (non-hydrogen) atoms. The van der Waals surface area contributed by atoms with Gasteiger partial charge in [-0.1, -0.05) is 0 Å². The fourth-order valence-electron chi connectivity index (χ4n) is 3.15. The number of anilines is 1. The lowest BCUT2D eigenvalue weighted by Crippen LogP contribution is -2.48. The molecule has 8 nitrogen and oxygen atoms in total. The van der Waals surface area contributed by atoms with Crippen molar-refractivity contribution in [3.05, 3.63) is 65.2 Å².